The summed E-state index contributed by atoms with van der Waals surface area (Å²) >= 11 is 0. The van der Waals surface area contributed by atoms with E-state index in [0.29, 0.717) is 12.8 Å². The van der Waals surface area contributed by atoms with E-state index in [1.807, 2.05) is 0 Å². The number of hydrogen-bond acceptors (Lipinski definition) is 19. The first-order valence-electron chi connectivity index (χ1n) is 39.4. The van der Waals surface area contributed by atoms with Crippen LogP contribution in [-0.4, -0.2) is 175 Å². The van der Waals surface area contributed by atoms with Crippen LogP contribution in [0.4, 0.5) is 0 Å². The van der Waals surface area contributed by atoms with Crippen molar-refractivity contribution >= 4 is 69.0 Å². The molecule has 14 atom stereocenters. The van der Waals surface area contributed by atoms with E-state index in [1.54, 1.807) is 6.92 Å². The standard InChI is InChI=1S/C82H135N7O23P2/c1-52(2)27-17-28-53(3)29-18-30-54(4)31-19-32-55(5)33-20-34-56(6)35-21-36-57(7)37-22-38-58(8)39-23-40-59(9)41-24-42-60(10)43-25-44-61(11)49-50-108-113(104,105)112-114(106,107)111-82-72(87-66(16)91)74(73(93)70(51-90)110-82)109-65(15)77(96)84-63(13)76(95)89-69(81(102)103)47-48-71(92)88-68(46-26-45-67(83)80(100)101)78(97)85-62(12)75(94)86-64(14)79(98)99/h27,29,31,33,35,37,39,41,43,49,62-65,67-70,72-74,82,90,93H,17-26,28,30,32,34,36,38,40,42,44-48,50-51,83H2,1-16H3,(H,84,96)(H,85,97)(H,86,94)(H,87,91)(H,88,92)(H,89,95)(H,98,99)(H,100,101)(H,102,103)(H,104,105)(H,106,107)/b53-29+,54-31+,55-33-,56-35-,57-37-,58-39-,59-41-,60-43-,61-49-/t62-,63+,64-,65-,67-,68+,69-,70-,72-,73-,74-,82-/m1/s1. The normalized spacial score (nSPS) is 20.0. The Hall–Kier alpha value is -7.31. The first kappa shape index (κ1) is 105. The molecular weight excluding hydrogens is 1510 g/mol. The Kier molecular flexibility index (Phi) is 51.5. The number of aliphatic carboxylic acids is 3. The fourth-order valence-electron chi connectivity index (χ4n) is 11.7. The van der Waals surface area contributed by atoms with Crippen molar-refractivity contribution in [2.24, 2.45) is 5.73 Å². The second-order valence-electron chi connectivity index (χ2n) is 30.2. The van der Waals surface area contributed by atoms with Crippen molar-refractivity contribution < 1.29 is 110 Å². The third-order valence-corrected chi connectivity index (χ3v) is 21.5. The highest BCUT2D eigenvalue weighted by Crippen LogP contribution is 2.61. The minimum atomic E-state index is -5.76. The largest absolute Gasteiger partial charge is 0.483 e. The van der Waals surface area contributed by atoms with Gasteiger partial charge in [0.25, 0.3) is 0 Å². The maximum absolute atomic E-state index is 13.5. The number of phosphoric ester groups is 2. The lowest BCUT2D eigenvalue weighted by molar-refractivity contribution is -0.261. The summed E-state index contributed by atoms with van der Waals surface area (Å²) in [4.78, 5) is 134. The fourth-order valence-corrected chi connectivity index (χ4v) is 13.8. The molecule has 1 rings (SSSR count). The van der Waals surface area contributed by atoms with E-state index in [2.05, 4.69) is 160 Å². The van der Waals surface area contributed by atoms with Crippen LogP contribution in [0.5, 0.6) is 0 Å². The number of rotatable bonds is 57. The van der Waals surface area contributed by atoms with Crippen LogP contribution in [0.3, 0.4) is 0 Å². The van der Waals surface area contributed by atoms with E-state index < -0.39 is 168 Å². The molecule has 646 valence electrons. The number of carbonyl (C=O) groups excluding carboxylic acids is 6. The summed E-state index contributed by atoms with van der Waals surface area (Å²) in [5.74, 6) is -10.2. The van der Waals surface area contributed by atoms with Crippen LogP contribution in [0.1, 0.15) is 258 Å². The SMILES string of the molecule is CC(=O)N[C@H]1[C@@H](OP(=O)(O)OP(=O)(O)OC/C=C(/C)CC/C=C(/C)CC/C=C(/C)CC/C=C(/C)CC/C=C(/C)CC/C=C(/C)CC/C=C(/C)CC/C=C(\C)CC/C=C(\C)CCC=C(C)C)O[C@H](CO)[C@@H](O)[C@@H]1O[C@H](C)C(=O)N[C@@H](C)C(=O)N[C@H](CCC(=O)N[C@@H](CCC[C@@H](N)C(=O)O)C(=O)N[C@H](C)C(=O)N[C@H](C)C(=O)O)C(=O)O. The lowest BCUT2D eigenvalue weighted by Gasteiger charge is -2.44. The molecule has 6 amide bonds. The molecule has 1 fully saturated rings. The minimum absolute atomic E-state index is 0.0334. The molecule has 0 aromatic carbocycles. The van der Waals surface area contributed by atoms with E-state index in [1.165, 1.54) is 70.1 Å². The highest BCUT2D eigenvalue weighted by atomic mass is 31.3. The molecule has 0 aliphatic carbocycles. The number of carboxylic acids is 3. The van der Waals surface area contributed by atoms with Crippen LogP contribution < -0.4 is 37.6 Å². The number of carbonyl (C=O) groups is 9. The summed E-state index contributed by atoms with van der Waals surface area (Å²) in [5, 5.41) is 63.3. The van der Waals surface area contributed by atoms with Gasteiger partial charge in [0.2, 0.25) is 35.4 Å². The Morgan fingerprint density at radius 3 is 1.22 bits per heavy atom. The fraction of sp³-hybridized carbons (Fsp3) is 0.646. The third kappa shape index (κ3) is 47.7. The van der Waals surface area contributed by atoms with Crippen LogP contribution in [0, 0.1) is 0 Å². The zero-order chi connectivity index (χ0) is 86.4. The Balaban J connectivity index is 2.76. The maximum Gasteiger partial charge on any atom is 0.483 e. The quantitative estimate of drug-likeness (QED) is 0.0199. The molecule has 15 N–H and O–H groups in total. The number of allylic oxidation sites excluding steroid dienone is 19. The molecule has 0 bridgehead atoms. The van der Waals surface area contributed by atoms with E-state index in [0.717, 1.165) is 129 Å². The van der Waals surface area contributed by atoms with Crippen LogP contribution >= 0.6 is 15.6 Å². The molecule has 30 nitrogen and oxygen atoms in total. The summed E-state index contributed by atoms with van der Waals surface area (Å²) in [6, 6.07) is -10.6. The molecule has 1 saturated heterocycles. The van der Waals surface area contributed by atoms with Gasteiger partial charge in [-0.3, -0.25) is 47.4 Å². The Bertz CT molecular complexity index is 3550. The number of aliphatic hydroxyl groups is 2. The maximum atomic E-state index is 13.5. The summed E-state index contributed by atoms with van der Waals surface area (Å²) in [6.45, 7) is 27.8. The van der Waals surface area contributed by atoms with Crippen molar-refractivity contribution in [2.45, 2.75) is 331 Å². The van der Waals surface area contributed by atoms with E-state index in [-0.39, 0.29) is 19.3 Å². The number of aliphatic hydroxyl groups excluding tert-OH is 2. The molecule has 2 unspecified atom stereocenters. The molecule has 1 heterocycles. The monoisotopic (exact) mass is 1650 g/mol. The number of phosphoric acid groups is 2. The van der Waals surface area contributed by atoms with Crippen molar-refractivity contribution in [1.29, 1.82) is 0 Å². The molecular formula is C82H135N7O23P2. The molecule has 0 spiro atoms. The van der Waals surface area contributed by atoms with Crippen LogP contribution in [-0.2, 0) is 75.1 Å². The average Bonchev–Trinajstić information content (AvgIpc) is 0.782. The summed E-state index contributed by atoms with van der Waals surface area (Å²) in [5.41, 5.74) is 19.0. The Morgan fingerprint density at radius 1 is 0.456 bits per heavy atom. The van der Waals surface area contributed by atoms with E-state index in [4.69, 9.17) is 29.4 Å². The molecule has 0 aromatic heterocycles. The first-order chi connectivity index (χ1) is 53.3. The molecule has 0 radical (unpaired) electrons. The van der Waals surface area contributed by atoms with Crippen molar-refractivity contribution in [1.82, 2.24) is 31.9 Å². The predicted molar refractivity (Wildman–Crippen MR) is 438 cm³/mol. The smallest absolute Gasteiger partial charge is 0.480 e. The molecule has 1 aliphatic rings. The lowest BCUT2D eigenvalue weighted by atomic mass is 9.96. The van der Waals surface area contributed by atoms with Gasteiger partial charge in [-0.2, -0.15) is 4.31 Å². The van der Waals surface area contributed by atoms with Gasteiger partial charge in [-0.25, -0.2) is 13.9 Å². The lowest BCUT2D eigenvalue weighted by Crippen LogP contribution is -2.66. The van der Waals surface area contributed by atoms with Crippen molar-refractivity contribution in [3.05, 3.63) is 116 Å². The van der Waals surface area contributed by atoms with Gasteiger partial charge in [0.05, 0.1) is 13.2 Å². The van der Waals surface area contributed by atoms with Gasteiger partial charge in [0.1, 0.15) is 66.7 Å². The zero-order valence-electron chi connectivity index (χ0n) is 70.0. The van der Waals surface area contributed by atoms with Gasteiger partial charge in [-0.05, 0) is 245 Å². The highest BCUT2D eigenvalue weighted by Gasteiger charge is 2.51. The van der Waals surface area contributed by atoms with E-state index >= 15 is 0 Å². The summed E-state index contributed by atoms with van der Waals surface area (Å²) in [7, 11) is -11.2. The number of carboxylic acid groups (broad SMARTS) is 3. The highest BCUT2D eigenvalue weighted by molar-refractivity contribution is 7.61. The van der Waals surface area contributed by atoms with Gasteiger partial charge >= 0.3 is 33.6 Å². The van der Waals surface area contributed by atoms with Crippen LogP contribution in [0.2, 0.25) is 0 Å². The molecule has 1 aliphatic heterocycles. The second kappa shape index (κ2) is 56.1. The Morgan fingerprint density at radius 2 is 0.842 bits per heavy atom. The van der Waals surface area contributed by atoms with E-state index in [9.17, 15) is 82.5 Å². The van der Waals surface area contributed by atoms with Crippen molar-refractivity contribution in [3.8, 4) is 0 Å². The number of ether oxygens (including phenoxy) is 2. The second-order valence-corrected chi connectivity index (χ2v) is 33.1. The van der Waals surface area contributed by atoms with Crippen LogP contribution in [0.25, 0.3) is 0 Å². The third-order valence-electron chi connectivity index (χ3n) is 18.9. The molecule has 0 saturated carbocycles. The summed E-state index contributed by atoms with van der Waals surface area (Å²) in [6.07, 6.45) is 29.5. The average molecular weight is 1650 g/mol. The Labute approximate surface area is 675 Å². The molecule has 0 aromatic rings. The summed E-state index contributed by atoms with van der Waals surface area (Å²) < 4.78 is 52.3. The van der Waals surface area contributed by atoms with Gasteiger partial charge in [-0.1, -0.05) is 116 Å². The van der Waals surface area contributed by atoms with Gasteiger partial charge in [0.15, 0.2) is 6.29 Å². The zero-order valence-corrected chi connectivity index (χ0v) is 71.8. The predicted octanol–water partition coefficient (Wildman–Crippen LogP) is 12.1. The number of amides is 6. The van der Waals surface area contributed by atoms with Gasteiger partial charge in [-0.15, -0.1) is 0 Å². The van der Waals surface area contributed by atoms with Crippen molar-refractivity contribution in [2.75, 3.05) is 13.2 Å². The molecule has 114 heavy (non-hydrogen) atoms. The number of nitrogens with two attached hydrogens (primary N) is 1. The topological polar surface area (TPSA) is 474 Å². The van der Waals surface area contributed by atoms with Crippen LogP contribution in [0.15, 0.2) is 116 Å². The van der Waals surface area contributed by atoms with Gasteiger partial charge in [0, 0.05) is 13.3 Å². The minimum Gasteiger partial charge on any atom is -0.480 e. The van der Waals surface area contributed by atoms with Crippen molar-refractivity contribution in [3.63, 3.8) is 0 Å². The number of hydrogen-bond donors (Lipinski definition) is 14. The van der Waals surface area contributed by atoms with Gasteiger partial charge < -0.3 is 82.4 Å². The molecule has 32 heteroatoms. The number of nitrogens with one attached hydrogen (secondary N) is 6. The first-order valence-corrected chi connectivity index (χ1v) is 42.4.